The molecular formula is C20H27NO2. The summed E-state index contributed by atoms with van der Waals surface area (Å²) in [6.07, 6.45) is 0.834. The van der Waals surface area contributed by atoms with Crippen molar-refractivity contribution in [3.8, 4) is 11.5 Å². The summed E-state index contributed by atoms with van der Waals surface area (Å²) < 4.78 is 11.0. The lowest BCUT2D eigenvalue weighted by Gasteiger charge is -2.20. The second-order valence-electron chi connectivity index (χ2n) is 6.10. The maximum absolute atomic E-state index is 6.07. The average Bonchev–Trinajstić information content (AvgIpc) is 2.59. The van der Waals surface area contributed by atoms with Crippen LogP contribution in [0.5, 0.6) is 11.5 Å². The fourth-order valence-electron chi connectivity index (χ4n) is 2.91. The molecule has 124 valence electrons. The molecule has 0 radical (unpaired) electrons. The monoisotopic (exact) mass is 313 g/mol. The highest BCUT2D eigenvalue weighted by Crippen LogP contribution is 2.32. The first kappa shape index (κ1) is 17.4. The first-order chi connectivity index (χ1) is 11.1. The number of hydrogen-bond acceptors (Lipinski definition) is 3. The van der Waals surface area contributed by atoms with Gasteiger partial charge in [0.1, 0.15) is 11.5 Å². The number of methoxy groups -OCH3 is 2. The minimum Gasteiger partial charge on any atom is -0.496 e. The third kappa shape index (κ3) is 4.05. The molecule has 2 aromatic carbocycles. The number of para-hydroxylation sites is 1. The summed E-state index contributed by atoms with van der Waals surface area (Å²) in [4.78, 5) is 0. The predicted molar refractivity (Wildman–Crippen MR) is 95.6 cm³/mol. The Bertz CT molecular complexity index is 637. The summed E-state index contributed by atoms with van der Waals surface area (Å²) in [5.74, 6) is 2.49. The summed E-state index contributed by atoms with van der Waals surface area (Å²) in [6.45, 7) is 4.97. The Kier molecular flexibility index (Phi) is 6.05. The fourth-order valence-corrected chi connectivity index (χ4v) is 2.91. The molecule has 3 nitrogen and oxygen atoms in total. The molecule has 2 aromatic rings. The predicted octanol–water partition coefficient (Wildman–Crippen LogP) is 4.11. The highest BCUT2D eigenvalue weighted by atomic mass is 16.5. The highest BCUT2D eigenvalue weighted by Gasteiger charge is 2.18. The average molecular weight is 313 g/mol. The van der Waals surface area contributed by atoms with E-state index in [4.69, 9.17) is 15.2 Å². The van der Waals surface area contributed by atoms with E-state index < -0.39 is 0 Å². The van der Waals surface area contributed by atoms with Crippen molar-refractivity contribution in [3.05, 3.63) is 59.2 Å². The van der Waals surface area contributed by atoms with Crippen LogP contribution in [-0.4, -0.2) is 20.8 Å². The minimum atomic E-state index is 0.197. The topological polar surface area (TPSA) is 44.5 Å². The van der Waals surface area contributed by atoms with Gasteiger partial charge in [-0.05, 0) is 47.7 Å². The van der Waals surface area contributed by atoms with Crippen LogP contribution in [0.15, 0.2) is 42.5 Å². The van der Waals surface area contributed by atoms with E-state index in [9.17, 15) is 0 Å². The fraction of sp³-hybridized carbons (Fsp3) is 0.400. The molecule has 0 amide bonds. The number of benzene rings is 2. The van der Waals surface area contributed by atoms with Crippen LogP contribution in [0.1, 0.15) is 42.4 Å². The molecule has 0 spiro atoms. The van der Waals surface area contributed by atoms with E-state index >= 15 is 0 Å². The van der Waals surface area contributed by atoms with Crippen LogP contribution in [0.4, 0.5) is 0 Å². The van der Waals surface area contributed by atoms with Crippen molar-refractivity contribution in [1.82, 2.24) is 0 Å². The van der Waals surface area contributed by atoms with Crippen molar-refractivity contribution < 1.29 is 9.47 Å². The van der Waals surface area contributed by atoms with Crippen molar-refractivity contribution in [2.75, 3.05) is 20.8 Å². The zero-order valence-corrected chi connectivity index (χ0v) is 14.5. The van der Waals surface area contributed by atoms with E-state index in [1.165, 1.54) is 11.1 Å². The van der Waals surface area contributed by atoms with Crippen LogP contribution < -0.4 is 15.2 Å². The quantitative estimate of drug-likeness (QED) is 0.836. The summed E-state index contributed by atoms with van der Waals surface area (Å²) in [6, 6.07) is 14.5. The van der Waals surface area contributed by atoms with E-state index in [-0.39, 0.29) is 5.92 Å². The maximum Gasteiger partial charge on any atom is 0.122 e. The molecule has 0 aliphatic rings. The van der Waals surface area contributed by atoms with Crippen molar-refractivity contribution in [2.24, 2.45) is 5.73 Å². The molecule has 0 fully saturated rings. The van der Waals surface area contributed by atoms with E-state index in [2.05, 4.69) is 38.1 Å². The lowest BCUT2D eigenvalue weighted by atomic mass is 9.89. The molecule has 0 heterocycles. The zero-order chi connectivity index (χ0) is 16.8. The minimum absolute atomic E-state index is 0.197. The van der Waals surface area contributed by atoms with Crippen LogP contribution in [0.25, 0.3) is 0 Å². The number of hydrogen-bond donors (Lipinski definition) is 1. The zero-order valence-electron chi connectivity index (χ0n) is 14.5. The summed E-state index contributed by atoms with van der Waals surface area (Å²) >= 11 is 0. The van der Waals surface area contributed by atoms with Crippen LogP contribution >= 0.6 is 0 Å². The maximum atomic E-state index is 6.07. The standard InChI is InChI=1S/C20H27NO2/c1-14(2)15-9-10-19(22-3)16(11-15)12-17(13-21)18-7-5-6-8-20(18)23-4/h5-11,14,17H,12-13,21H2,1-4H3. The van der Waals surface area contributed by atoms with Crippen molar-refractivity contribution >= 4 is 0 Å². The van der Waals surface area contributed by atoms with E-state index in [1.54, 1.807) is 14.2 Å². The number of ether oxygens (including phenoxy) is 2. The molecule has 3 heteroatoms. The first-order valence-electron chi connectivity index (χ1n) is 8.10. The van der Waals surface area contributed by atoms with Gasteiger partial charge in [-0.25, -0.2) is 0 Å². The van der Waals surface area contributed by atoms with Gasteiger partial charge in [0.15, 0.2) is 0 Å². The molecular weight excluding hydrogens is 286 g/mol. The summed E-state index contributed by atoms with van der Waals surface area (Å²) in [7, 11) is 3.42. The Morgan fingerprint density at radius 2 is 1.65 bits per heavy atom. The molecule has 0 bridgehead atoms. The van der Waals surface area contributed by atoms with Crippen molar-refractivity contribution in [3.63, 3.8) is 0 Å². The third-order valence-corrected chi connectivity index (χ3v) is 4.30. The van der Waals surface area contributed by atoms with Gasteiger partial charge in [-0.3, -0.25) is 0 Å². The second kappa shape index (κ2) is 8.02. The van der Waals surface area contributed by atoms with Gasteiger partial charge >= 0.3 is 0 Å². The van der Waals surface area contributed by atoms with Gasteiger partial charge in [0.25, 0.3) is 0 Å². The van der Waals surface area contributed by atoms with E-state index in [1.807, 2.05) is 18.2 Å². The van der Waals surface area contributed by atoms with Crippen LogP contribution in [0.3, 0.4) is 0 Å². The summed E-state index contributed by atoms with van der Waals surface area (Å²) in [5.41, 5.74) is 9.73. The van der Waals surface area contributed by atoms with Crippen molar-refractivity contribution in [2.45, 2.75) is 32.1 Å². The summed E-state index contributed by atoms with van der Waals surface area (Å²) in [5, 5.41) is 0. The molecule has 0 saturated carbocycles. The Morgan fingerprint density at radius 3 is 2.26 bits per heavy atom. The third-order valence-electron chi connectivity index (χ3n) is 4.30. The molecule has 0 aromatic heterocycles. The Labute approximate surface area is 139 Å². The molecule has 0 aliphatic carbocycles. The van der Waals surface area contributed by atoms with Gasteiger partial charge in [0.05, 0.1) is 14.2 Å². The molecule has 1 atom stereocenters. The lowest BCUT2D eigenvalue weighted by molar-refractivity contribution is 0.400. The molecule has 2 rings (SSSR count). The van der Waals surface area contributed by atoms with Gasteiger partial charge in [0.2, 0.25) is 0 Å². The van der Waals surface area contributed by atoms with Gasteiger partial charge in [-0.15, -0.1) is 0 Å². The largest absolute Gasteiger partial charge is 0.496 e. The van der Waals surface area contributed by atoms with Crippen LogP contribution in [0, 0.1) is 0 Å². The van der Waals surface area contributed by atoms with Crippen LogP contribution in [0.2, 0.25) is 0 Å². The molecule has 0 aliphatic heterocycles. The number of nitrogens with two attached hydrogens (primary N) is 1. The normalized spacial score (nSPS) is 12.3. The van der Waals surface area contributed by atoms with Gasteiger partial charge < -0.3 is 15.2 Å². The van der Waals surface area contributed by atoms with Crippen LogP contribution in [-0.2, 0) is 6.42 Å². The Balaban J connectivity index is 2.36. The molecule has 2 N–H and O–H groups in total. The van der Waals surface area contributed by atoms with Crippen molar-refractivity contribution in [1.29, 1.82) is 0 Å². The molecule has 1 unspecified atom stereocenters. The lowest BCUT2D eigenvalue weighted by Crippen LogP contribution is -2.16. The first-order valence-corrected chi connectivity index (χ1v) is 8.10. The van der Waals surface area contributed by atoms with Gasteiger partial charge in [0, 0.05) is 5.92 Å². The van der Waals surface area contributed by atoms with E-state index in [0.29, 0.717) is 12.5 Å². The van der Waals surface area contributed by atoms with E-state index in [0.717, 1.165) is 23.5 Å². The second-order valence-corrected chi connectivity index (χ2v) is 6.10. The van der Waals surface area contributed by atoms with Gasteiger partial charge in [-0.2, -0.15) is 0 Å². The molecule has 0 saturated heterocycles. The highest BCUT2D eigenvalue weighted by molar-refractivity contribution is 5.42. The SMILES string of the molecule is COc1ccc(C(C)C)cc1CC(CN)c1ccccc1OC. The molecule has 23 heavy (non-hydrogen) atoms. The van der Waals surface area contributed by atoms with Gasteiger partial charge in [-0.1, -0.05) is 44.2 Å². The Morgan fingerprint density at radius 1 is 0.957 bits per heavy atom. The Hall–Kier alpha value is -2.00. The number of rotatable bonds is 7. The smallest absolute Gasteiger partial charge is 0.122 e.